The predicted octanol–water partition coefficient (Wildman–Crippen LogP) is 2.26. The highest BCUT2D eigenvalue weighted by atomic mass is 79.9. The first-order chi connectivity index (χ1) is 7.15. The van der Waals surface area contributed by atoms with Gasteiger partial charge >= 0.3 is 0 Å². The van der Waals surface area contributed by atoms with E-state index in [-0.39, 0.29) is 0 Å². The first-order valence-electron chi connectivity index (χ1n) is 4.37. The van der Waals surface area contributed by atoms with Crippen molar-refractivity contribution in [2.24, 2.45) is 0 Å². The van der Waals surface area contributed by atoms with Crippen molar-refractivity contribution in [3.8, 4) is 0 Å². The molecule has 1 aliphatic rings. The van der Waals surface area contributed by atoms with E-state index < -0.39 is 11.7 Å². The first-order valence-corrected chi connectivity index (χ1v) is 5.87. The van der Waals surface area contributed by atoms with E-state index in [1.54, 1.807) is 18.2 Å². The molecule has 1 amide bonds. The zero-order valence-electron chi connectivity index (χ0n) is 7.67. The Morgan fingerprint density at radius 2 is 2.07 bits per heavy atom. The first kappa shape index (κ1) is 10.6. The molecular weight excluding hydrogens is 281 g/mol. The van der Waals surface area contributed by atoms with E-state index in [4.69, 9.17) is 11.6 Å². The number of alkyl halides is 1. The Morgan fingerprint density at radius 1 is 1.33 bits per heavy atom. The third-order valence-corrected chi connectivity index (χ3v) is 2.83. The summed E-state index contributed by atoms with van der Waals surface area (Å²) < 4.78 is 0. The highest BCUT2D eigenvalue weighted by Crippen LogP contribution is 2.31. The molecule has 78 valence electrons. The average molecular weight is 289 g/mol. The van der Waals surface area contributed by atoms with Crippen molar-refractivity contribution in [3.63, 3.8) is 0 Å². The van der Waals surface area contributed by atoms with Crippen molar-refractivity contribution in [2.75, 3.05) is 16.8 Å². The van der Waals surface area contributed by atoms with Gasteiger partial charge in [0.25, 0.3) is 11.7 Å². The van der Waals surface area contributed by atoms with E-state index in [2.05, 4.69) is 15.9 Å². The summed E-state index contributed by atoms with van der Waals surface area (Å²) >= 11 is 9.06. The molecule has 1 aromatic rings. The minimum Gasteiger partial charge on any atom is -0.304 e. The lowest BCUT2D eigenvalue weighted by molar-refractivity contribution is -0.114. The van der Waals surface area contributed by atoms with Crippen LogP contribution >= 0.6 is 27.5 Å². The Hall–Kier alpha value is -0.870. The zero-order chi connectivity index (χ0) is 11.0. The number of amides is 1. The van der Waals surface area contributed by atoms with Gasteiger partial charge in [-0.2, -0.15) is 0 Å². The molecule has 15 heavy (non-hydrogen) atoms. The van der Waals surface area contributed by atoms with Gasteiger partial charge in [0.05, 0.1) is 11.3 Å². The molecule has 0 saturated carbocycles. The van der Waals surface area contributed by atoms with Gasteiger partial charge < -0.3 is 4.90 Å². The lowest BCUT2D eigenvalue weighted by Gasteiger charge is -2.14. The second-order valence-corrected chi connectivity index (χ2v) is 4.37. The number of hydrogen-bond acceptors (Lipinski definition) is 2. The van der Waals surface area contributed by atoms with Crippen LogP contribution in [-0.4, -0.2) is 23.6 Å². The molecule has 0 aromatic heterocycles. The molecule has 0 bridgehead atoms. The van der Waals surface area contributed by atoms with Gasteiger partial charge in [0.15, 0.2) is 0 Å². The Bertz CT molecular complexity index is 447. The van der Waals surface area contributed by atoms with E-state index in [1.165, 1.54) is 4.90 Å². The third-order valence-electron chi connectivity index (χ3n) is 2.24. The van der Waals surface area contributed by atoms with Crippen molar-refractivity contribution >= 4 is 44.9 Å². The van der Waals surface area contributed by atoms with Crippen molar-refractivity contribution in [1.82, 2.24) is 0 Å². The number of carbonyl (C=O) groups excluding carboxylic acids is 2. The molecule has 0 spiro atoms. The van der Waals surface area contributed by atoms with E-state index in [9.17, 15) is 9.59 Å². The number of fused-ring (bicyclic) bond motifs is 1. The third kappa shape index (κ3) is 1.68. The van der Waals surface area contributed by atoms with Crippen LogP contribution in [0.5, 0.6) is 0 Å². The van der Waals surface area contributed by atoms with Crippen molar-refractivity contribution in [3.05, 3.63) is 28.8 Å². The van der Waals surface area contributed by atoms with Gasteiger partial charge in [-0.1, -0.05) is 27.5 Å². The van der Waals surface area contributed by atoms with Crippen LogP contribution in [0.4, 0.5) is 5.69 Å². The average Bonchev–Trinajstić information content (AvgIpc) is 2.44. The number of ketones is 1. The van der Waals surface area contributed by atoms with Crippen LogP contribution in [-0.2, 0) is 4.79 Å². The summed E-state index contributed by atoms with van der Waals surface area (Å²) in [5, 5.41) is 1.15. The molecule has 0 saturated heterocycles. The van der Waals surface area contributed by atoms with Crippen molar-refractivity contribution in [2.45, 2.75) is 0 Å². The Morgan fingerprint density at radius 3 is 2.73 bits per heavy atom. The Kier molecular flexibility index (Phi) is 2.80. The van der Waals surface area contributed by atoms with Crippen LogP contribution in [0.3, 0.4) is 0 Å². The van der Waals surface area contributed by atoms with Crippen LogP contribution in [0.25, 0.3) is 0 Å². The lowest BCUT2D eigenvalue weighted by Crippen LogP contribution is -2.31. The molecular formula is C10H7BrClNO2. The topological polar surface area (TPSA) is 37.4 Å². The summed E-state index contributed by atoms with van der Waals surface area (Å²) in [7, 11) is 0. The van der Waals surface area contributed by atoms with E-state index in [0.717, 1.165) is 0 Å². The number of Topliss-reactive ketones (excluding diaryl/α,β-unsaturated/α-hetero) is 1. The fourth-order valence-corrected chi connectivity index (χ4v) is 2.09. The second kappa shape index (κ2) is 3.94. The molecule has 0 atom stereocenters. The van der Waals surface area contributed by atoms with Gasteiger partial charge in [-0.05, 0) is 18.2 Å². The van der Waals surface area contributed by atoms with Crippen LogP contribution in [0.1, 0.15) is 10.4 Å². The van der Waals surface area contributed by atoms with E-state index in [1.807, 2.05) is 0 Å². The molecule has 0 unspecified atom stereocenters. The molecule has 0 aliphatic carbocycles. The quantitative estimate of drug-likeness (QED) is 0.618. The Balaban J connectivity index is 2.51. The highest BCUT2D eigenvalue weighted by Gasteiger charge is 2.35. The number of nitrogens with zero attached hydrogens (tertiary/aromatic N) is 1. The van der Waals surface area contributed by atoms with Crippen LogP contribution in [0.15, 0.2) is 18.2 Å². The summed E-state index contributed by atoms with van der Waals surface area (Å²) in [6.07, 6.45) is 0. The van der Waals surface area contributed by atoms with Crippen LogP contribution in [0, 0.1) is 0 Å². The molecule has 1 heterocycles. The molecule has 3 nitrogen and oxygen atoms in total. The maximum Gasteiger partial charge on any atom is 0.299 e. The van der Waals surface area contributed by atoms with Crippen molar-refractivity contribution < 1.29 is 9.59 Å². The largest absolute Gasteiger partial charge is 0.304 e. The maximum atomic E-state index is 11.6. The fourth-order valence-electron chi connectivity index (χ4n) is 1.57. The van der Waals surface area contributed by atoms with E-state index in [0.29, 0.717) is 28.1 Å². The number of halogens is 2. The maximum absolute atomic E-state index is 11.6. The number of anilines is 1. The number of benzene rings is 1. The molecule has 0 radical (unpaired) electrons. The standard InChI is InChI=1S/C10H7BrClNO2/c11-3-4-13-8-5-6(12)1-2-7(8)9(14)10(13)15/h1-2,5H,3-4H2. The summed E-state index contributed by atoms with van der Waals surface area (Å²) in [6, 6.07) is 4.84. The number of carbonyl (C=O) groups is 2. The normalized spacial score (nSPS) is 14.7. The van der Waals surface area contributed by atoms with Crippen molar-refractivity contribution in [1.29, 1.82) is 0 Å². The van der Waals surface area contributed by atoms with Crippen LogP contribution < -0.4 is 4.90 Å². The van der Waals surface area contributed by atoms with Gasteiger partial charge in [-0.3, -0.25) is 9.59 Å². The van der Waals surface area contributed by atoms with Gasteiger partial charge in [-0.25, -0.2) is 0 Å². The number of hydrogen-bond donors (Lipinski definition) is 0. The fraction of sp³-hybridized carbons (Fsp3) is 0.200. The highest BCUT2D eigenvalue weighted by molar-refractivity contribution is 9.09. The molecule has 0 N–H and O–H groups in total. The van der Waals surface area contributed by atoms with Gasteiger partial charge in [0, 0.05) is 16.9 Å². The molecule has 2 rings (SSSR count). The minimum atomic E-state index is -0.480. The van der Waals surface area contributed by atoms with Gasteiger partial charge in [0.2, 0.25) is 0 Å². The molecule has 5 heteroatoms. The van der Waals surface area contributed by atoms with E-state index >= 15 is 0 Å². The minimum absolute atomic E-state index is 0.436. The summed E-state index contributed by atoms with van der Waals surface area (Å²) in [4.78, 5) is 24.6. The second-order valence-electron chi connectivity index (χ2n) is 3.14. The summed E-state index contributed by atoms with van der Waals surface area (Å²) in [6.45, 7) is 0.470. The zero-order valence-corrected chi connectivity index (χ0v) is 10.0. The van der Waals surface area contributed by atoms with Crippen LogP contribution in [0.2, 0.25) is 5.02 Å². The van der Waals surface area contributed by atoms with Gasteiger partial charge in [-0.15, -0.1) is 0 Å². The molecule has 1 aromatic carbocycles. The summed E-state index contributed by atoms with van der Waals surface area (Å²) in [5.74, 6) is -0.936. The monoisotopic (exact) mass is 287 g/mol. The Labute approximate surface area is 100 Å². The predicted molar refractivity (Wildman–Crippen MR) is 61.9 cm³/mol. The SMILES string of the molecule is O=C1C(=O)N(CCBr)c2cc(Cl)ccc21. The molecule has 0 fully saturated rings. The molecule has 1 aliphatic heterocycles. The number of rotatable bonds is 2. The van der Waals surface area contributed by atoms with Gasteiger partial charge in [0.1, 0.15) is 0 Å². The smallest absolute Gasteiger partial charge is 0.299 e. The lowest BCUT2D eigenvalue weighted by atomic mass is 10.1. The summed E-state index contributed by atoms with van der Waals surface area (Å²) in [5.41, 5.74) is 1.04.